The largest absolute Gasteiger partial charge is 0.469 e. The van der Waals surface area contributed by atoms with Crippen LogP contribution in [0.25, 0.3) is 0 Å². The summed E-state index contributed by atoms with van der Waals surface area (Å²) < 4.78 is 10.2. The van der Waals surface area contributed by atoms with E-state index in [2.05, 4.69) is 0 Å². The van der Waals surface area contributed by atoms with Crippen LogP contribution < -0.4 is 0 Å². The lowest BCUT2D eigenvalue weighted by Crippen LogP contribution is -2.42. The van der Waals surface area contributed by atoms with Crippen molar-refractivity contribution in [1.29, 1.82) is 0 Å². The lowest BCUT2D eigenvalue weighted by atomic mass is 10.0. The van der Waals surface area contributed by atoms with Gasteiger partial charge in [0.05, 0.1) is 13.5 Å². The second-order valence-electron chi connectivity index (χ2n) is 7.20. The Morgan fingerprint density at radius 1 is 1.03 bits per heavy atom. The number of nitrogens with zero attached hydrogens (tertiary/aromatic N) is 1. The van der Waals surface area contributed by atoms with Crippen LogP contribution in [0.15, 0.2) is 30.3 Å². The molecule has 0 aliphatic carbocycles. The Bertz CT molecular complexity index is 717. The maximum Gasteiger partial charge on any atom is 0.410 e. The van der Waals surface area contributed by atoms with E-state index in [1.807, 2.05) is 30.3 Å². The zero-order valence-electron chi connectivity index (χ0n) is 17.1. The summed E-state index contributed by atoms with van der Waals surface area (Å²) in [5.41, 5.74) is 0.879. The molecule has 0 radical (unpaired) electrons. The number of likely N-dealkylation sites (tertiary alicyclic amines) is 1. The number of benzene rings is 1. The van der Waals surface area contributed by atoms with Crippen LogP contribution in [-0.2, 0) is 30.5 Å². The minimum Gasteiger partial charge on any atom is -0.469 e. The Labute approximate surface area is 171 Å². The highest BCUT2D eigenvalue weighted by Gasteiger charge is 2.39. The average Bonchev–Trinajstić information content (AvgIpc) is 3.14. The van der Waals surface area contributed by atoms with Crippen LogP contribution in [0.4, 0.5) is 4.79 Å². The number of ether oxygens (including phenoxy) is 2. The summed E-state index contributed by atoms with van der Waals surface area (Å²) in [6.45, 7) is 1.82. The molecule has 1 aromatic carbocycles. The molecule has 0 spiro atoms. The van der Waals surface area contributed by atoms with Gasteiger partial charge < -0.3 is 14.4 Å². The number of amides is 1. The fourth-order valence-electron chi connectivity index (χ4n) is 3.65. The molecule has 7 nitrogen and oxygen atoms in total. The predicted octanol–water partition coefficient (Wildman–Crippen LogP) is 3.44. The van der Waals surface area contributed by atoms with E-state index in [0.717, 1.165) is 12.0 Å². The smallest absolute Gasteiger partial charge is 0.410 e. The Hall–Kier alpha value is -2.70. The highest BCUT2D eigenvalue weighted by atomic mass is 16.6. The van der Waals surface area contributed by atoms with E-state index in [4.69, 9.17) is 9.47 Å². The van der Waals surface area contributed by atoms with Crippen molar-refractivity contribution in [1.82, 2.24) is 4.90 Å². The van der Waals surface area contributed by atoms with Gasteiger partial charge in [0.1, 0.15) is 6.61 Å². The maximum atomic E-state index is 12.8. The van der Waals surface area contributed by atoms with Gasteiger partial charge in [-0.05, 0) is 31.2 Å². The molecule has 7 heteroatoms. The van der Waals surface area contributed by atoms with Crippen molar-refractivity contribution >= 4 is 23.6 Å². The molecule has 1 fully saturated rings. The zero-order chi connectivity index (χ0) is 21.2. The lowest BCUT2D eigenvalue weighted by molar-refractivity contribution is -0.141. The van der Waals surface area contributed by atoms with Crippen molar-refractivity contribution in [3.05, 3.63) is 35.9 Å². The number of esters is 1. The first-order valence-electron chi connectivity index (χ1n) is 10.1. The highest BCUT2D eigenvalue weighted by Crippen LogP contribution is 2.31. The van der Waals surface area contributed by atoms with Crippen LogP contribution in [0, 0.1) is 0 Å². The van der Waals surface area contributed by atoms with Crippen LogP contribution in [0.1, 0.15) is 57.4 Å². The molecule has 2 rings (SSSR count). The van der Waals surface area contributed by atoms with E-state index in [0.29, 0.717) is 19.3 Å². The number of hydrogen-bond acceptors (Lipinski definition) is 6. The molecule has 0 bridgehead atoms. The molecular formula is C22H29NO6. The predicted molar refractivity (Wildman–Crippen MR) is 106 cm³/mol. The van der Waals surface area contributed by atoms with Gasteiger partial charge in [-0.2, -0.15) is 0 Å². The molecule has 0 aromatic heterocycles. The molecule has 0 N–H and O–H groups in total. The standard InChI is InChI=1S/C22H29NO6/c1-3-19(24)20(25)11-7-10-17-12-13-18(14-21(26)28-2)23(17)22(27)29-15-16-8-5-4-6-9-16/h4-6,8-9,17-18H,3,7,10-15H2,1-2H3/t17-,18-/m0/s1. The summed E-state index contributed by atoms with van der Waals surface area (Å²) in [6.07, 6.45) is 2.52. The zero-order valence-corrected chi connectivity index (χ0v) is 17.1. The average molecular weight is 403 g/mol. The van der Waals surface area contributed by atoms with Crippen molar-refractivity contribution in [2.24, 2.45) is 0 Å². The van der Waals surface area contributed by atoms with Gasteiger partial charge in [-0.1, -0.05) is 37.3 Å². The van der Waals surface area contributed by atoms with E-state index in [9.17, 15) is 19.2 Å². The molecule has 1 heterocycles. The lowest BCUT2D eigenvalue weighted by Gasteiger charge is -2.29. The number of rotatable bonds is 10. The van der Waals surface area contributed by atoms with E-state index in [1.165, 1.54) is 7.11 Å². The molecule has 1 aromatic rings. The van der Waals surface area contributed by atoms with E-state index >= 15 is 0 Å². The third kappa shape index (κ3) is 6.69. The Morgan fingerprint density at radius 3 is 2.38 bits per heavy atom. The second kappa shape index (κ2) is 11.3. The molecule has 1 saturated heterocycles. The van der Waals surface area contributed by atoms with Crippen LogP contribution in [0.2, 0.25) is 0 Å². The summed E-state index contributed by atoms with van der Waals surface area (Å²) >= 11 is 0. The van der Waals surface area contributed by atoms with Crippen LogP contribution in [0.5, 0.6) is 0 Å². The van der Waals surface area contributed by atoms with Gasteiger partial charge in [-0.3, -0.25) is 14.4 Å². The summed E-state index contributed by atoms with van der Waals surface area (Å²) in [7, 11) is 1.32. The normalized spacial score (nSPS) is 18.3. The van der Waals surface area contributed by atoms with Crippen molar-refractivity contribution in [2.45, 2.75) is 70.6 Å². The topological polar surface area (TPSA) is 90.0 Å². The number of hydrogen-bond donors (Lipinski definition) is 0. The van der Waals surface area contributed by atoms with Crippen LogP contribution >= 0.6 is 0 Å². The second-order valence-corrected chi connectivity index (χ2v) is 7.20. The van der Waals surface area contributed by atoms with Gasteiger partial charge in [0, 0.05) is 24.9 Å². The van der Waals surface area contributed by atoms with Gasteiger partial charge in [0.15, 0.2) is 11.6 Å². The summed E-state index contributed by atoms with van der Waals surface area (Å²) in [6, 6.07) is 8.96. The Balaban J connectivity index is 1.98. The Morgan fingerprint density at radius 2 is 1.72 bits per heavy atom. The summed E-state index contributed by atoms with van der Waals surface area (Å²) in [4.78, 5) is 49.4. The van der Waals surface area contributed by atoms with Gasteiger partial charge in [-0.25, -0.2) is 4.79 Å². The fourth-order valence-corrected chi connectivity index (χ4v) is 3.65. The third-order valence-corrected chi connectivity index (χ3v) is 5.24. The maximum absolute atomic E-state index is 12.8. The Kier molecular flexibility index (Phi) is 8.83. The molecular weight excluding hydrogens is 374 g/mol. The summed E-state index contributed by atoms with van der Waals surface area (Å²) in [5.74, 6) is -1.10. The van der Waals surface area contributed by atoms with Crippen molar-refractivity contribution in [3.8, 4) is 0 Å². The molecule has 158 valence electrons. The van der Waals surface area contributed by atoms with Gasteiger partial charge >= 0.3 is 12.1 Å². The summed E-state index contributed by atoms with van der Waals surface area (Å²) in [5, 5.41) is 0. The number of carbonyl (C=O) groups is 4. The fraction of sp³-hybridized carbons (Fsp3) is 0.545. The van der Waals surface area contributed by atoms with Crippen LogP contribution in [0.3, 0.4) is 0 Å². The van der Waals surface area contributed by atoms with E-state index in [-0.39, 0.29) is 55.5 Å². The molecule has 1 amide bonds. The monoisotopic (exact) mass is 403 g/mol. The minimum absolute atomic E-state index is 0.112. The van der Waals surface area contributed by atoms with Gasteiger partial charge in [0.2, 0.25) is 0 Å². The minimum atomic E-state index is -0.471. The van der Waals surface area contributed by atoms with Gasteiger partial charge in [0.25, 0.3) is 0 Å². The number of carbonyl (C=O) groups excluding carboxylic acids is 4. The number of Topliss-reactive ketones (excluding diaryl/α,β-unsaturated/α-hetero) is 2. The third-order valence-electron chi connectivity index (χ3n) is 5.24. The molecule has 2 atom stereocenters. The SMILES string of the molecule is CCC(=O)C(=O)CCC[C@H]1CC[C@@H](CC(=O)OC)N1C(=O)OCc1ccccc1. The molecule has 29 heavy (non-hydrogen) atoms. The molecule has 0 saturated carbocycles. The van der Waals surface area contributed by atoms with Crippen molar-refractivity contribution < 1.29 is 28.7 Å². The number of methoxy groups -OCH3 is 1. The first-order chi connectivity index (χ1) is 14.0. The molecule has 1 aliphatic heterocycles. The first-order valence-corrected chi connectivity index (χ1v) is 10.1. The van der Waals surface area contributed by atoms with Crippen LogP contribution in [-0.4, -0.2) is 47.7 Å². The van der Waals surface area contributed by atoms with E-state index < -0.39 is 6.09 Å². The van der Waals surface area contributed by atoms with Gasteiger partial charge in [-0.15, -0.1) is 0 Å². The molecule has 1 aliphatic rings. The van der Waals surface area contributed by atoms with E-state index in [1.54, 1.807) is 11.8 Å². The molecule has 0 unspecified atom stereocenters. The highest BCUT2D eigenvalue weighted by molar-refractivity contribution is 6.37. The number of ketones is 2. The van der Waals surface area contributed by atoms with Crippen molar-refractivity contribution in [2.75, 3.05) is 7.11 Å². The van der Waals surface area contributed by atoms with Crippen molar-refractivity contribution in [3.63, 3.8) is 0 Å². The quantitative estimate of drug-likeness (QED) is 0.439. The first kappa shape index (κ1) is 22.6.